The zero-order chi connectivity index (χ0) is 25.2. The van der Waals surface area contributed by atoms with Crippen molar-refractivity contribution in [3.8, 4) is 0 Å². The molecule has 0 radical (unpaired) electrons. The van der Waals surface area contributed by atoms with Crippen molar-refractivity contribution < 1.29 is 23.7 Å². The maximum absolute atomic E-state index is 6.71. The number of hydrogen-bond acceptors (Lipinski definition) is 6. The van der Waals surface area contributed by atoms with Crippen molar-refractivity contribution in [2.75, 3.05) is 26.3 Å². The summed E-state index contributed by atoms with van der Waals surface area (Å²) in [6.45, 7) is 13.7. The van der Waals surface area contributed by atoms with Crippen LogP contribution in [0.15, 0.2) is 0 Å². The van der Waals surface area contributed by atoms with Crippen LogP contribution in [0.3, 0.4) is 0 Å². The van der Waals surface area contributed by atoms with Gasteiger partial charge in [-0.2, -0.15) is 0 Å². The molecule has 3 aliphatic heterocycles. The minimum absolute atomic E-state index is 0.105. The first-order valence-corrected chi connectivity index (χ1v) is 15.0. The van der Waals surface area contributed by atoms with Crippen LogP contribution in [0.25, 0.3) is 0 Å². The predicted molar refractivity (Wildman–Crippen MR) is 140 cm³/mol. The molecule has 1 unspecified atom stereocenters. The number of fused-ring (bicyclic) bond motifs is 1. The summed E-state index contributed by atoms with van der Waals surface area (Å²) in [5.41, 5.74) is 0. The molecule has 0 aromatic rings. The van der Waals surface area contributed by atoms with Crippen LogP contribution in [0.1, 0.15) is 125 Å². The highest BCUT2D eigenvalue weighted by Gasteiger charge is 2.69. The molecule has 0 aromatic heterocycles. The van der Waals surface area contributed by atoms with Gasteiger partial charge in [0.25, 0.3) is 0 Å². The lowest BCUT2D eigenvalue weighted by atomic mass is 10.0. The number of hydrogen-bond donors (Lipinski definition) is 0. The monoisotopic (exact) mass is 497 g/mol. The Hall–Kier alpha value is -0.240. The van der Waals surface area contributed by atoms with Gasteiger partial charge in [0, 0.05) is 26.3 Å². The first-order chi connectivity index (χ1) is 16.9. The lowest BCUT2D eigenvalue weighted by Crippen LogP contribution is -2.60. The molecule has 0 aromatic carbocycles. The normalized spacial score (nSPS) is 32.0. The minimum Gasteiger partial charge on any atom is -0.373 e. The molecule has 35 heavy (non-hydrogen) atoms. The fourth-order valence-electron chi connectivity index (χ4n) is 6.10. The average Bonchev–Trinajstić information content (AvgIpc) is 3.07. The third-order valence-electron chi connectivity index (χ3n) is 7.79. The van der Waals surface area contributed by atoms with E-state index in [1.807, 2.05) is 20.8 Å². The van der Waals surface area contributed by atoms with Crippen LogP contribution in [-0.2, 0) is 23.7 Å². The summed E-state index contributed by atoms with van der Waals surface area (Å²) in [6.07, 6.45) is 17.3. The second kappa shape index (κ2) is 14.6. The van der Waals surface area contributed by atoms with E-state index in [4.69, 9.17) is 23.7 Å². The van der Waals surface area contributed by atoms with E-state index in [0.29, 0.717) is 6.61 Å². The van der Waals surface area contributed by atoms with Crippen LogP contribution in [0.2, 0.25) is 0 Å². The SMILES string of the molecule is CCCCCCCCCCCCOC(N1CCCCCC1)[C@@]12O[C@@H](C)[C@@H](OCC)[C@@H]1OC(C)(C)O2. The lowest BCUT2D eigenvalue weighted by molar-refractivity contribution is -0.324. The number of nitrogens with zero attached hydrogens (tertiary/aromatic N) is 1. The first-order valence-electron chi connectivity index (χ1n) is 15.0. The van der Waals surface area contributed by atoms with Gasteiger partial charge < -0.3 is 23.7 Å². The Balaban J connectivity index is 1.58. The second-order valence-corrected chi connectivity index (χ2v) is 11.4. The molecule has 0 bridgehead atoms. The Labute approximate surface area is 215 Å². The van der Waals surface area contributed by atoms with E-state index in [-0.39, 0.29) is 24.5 Å². The van der Waals surface area contributed by atoms with E-state index < -0.39 is 11.6 Å². The van der Waals surface area contributed by atoms with E-state index in [1.165, 1.54) is 83.5 Å². The van der Waals surface area contributed by atoms with Crippen molar-refractivity contribution in [2.24, 2.45) is 0 Å². The molecule has 0 amide bonds. The number of likely N-dealkylation sites (tertiary alicyclic amines) is 1. The Morgan fingerprint density at radius 1 is 0.829 bits per heavy atom. The lowest BCUT2D eigenvalue weighted by Gasteiger charge is -2.41. The summed E-state index contributed by atoms with van der Waals surface area (Å²) < 4.78 is 32.5. The van der Waals surface area contributed by atoms with Gasteiger partial charge >= 0.3 is 0 Å². The number of rotatable bonds is 16. The molecule has 3 saturated heterocycles. The number of unbranched alkanes of at least 4 members (excludes halogenated alkanes) is 9. The Morgan fingerprint density at radius 3 is 2.03 bits per heavy atom. The summed E-state index contributed by atoms with van der Waals surface area (Å²) >= 11 is 0. The second-order valence-electron chi connectivity index (χ2n) is 11.4. The fourth-order valence-corrected chi connectivity index (χ4v) is 6.10. The molecule has 5 atom stereocenters. The Bertz CT molecular complexity index is 579. The first kappa shape index (κ1) is 29.3. The Kier molecular flexibility index (Phi) is 12.3. The minimum atomic E-state index is -0.953. The van der Waals surface area contributed by atoms with E-state index >= 15 is 0 Å². The van der Waals surface area contributed by atoms with E-state index in [9.17, 15) is 0 Å². The van der Waals surface area contributed by atoms with Crippen molar-refractivity contribution in [1.29, 1.82) is 0 Å². The van der Waals surface area contributed by atoms with Gasteiger partial charge in [0.05, 0.1) is 6.10 Å². The van der Waals surface area contributed by atoms with Gasteiger partial charge in [0.1, 0.15) is 12.2 Å². The molecule has 3 rings (SSSR count). The van der Waals surface area contributed by atoms with Gasteiger partial charge in [-0.25, -0.2) is 0 Å². The van der Waals surface area contributed by atoms with Crippen molar-refractivity contribution >= 4 is 0 Å². The maximum Gasteiger partial charge on any atom is 0.241 e. The van der Waals surface area contributed by atoms with E-state index in [0.717, 1.165) is 26.1 Å². The third kappa shape index (κ3) is 8.12. The summed E-state index contributed by atoms with van der Waals surface area (Å²) in [5.74, 6) is -1.68. The van der Waals surface area contributed by atoms with Crippen LogP contribution in [0, 0.1) is 0 Å². The molecule has 3 aliphatic rings. The molecule has 0 spiro atoms. The highest BCUT2D eigenvalue weighted by molar-refractivity contribution is 5.06. The van der Waals surface area contributed by atoms with Crippen LogP contribution in [-0.4, -0.2) is 67.3 Å². The van der Waals surface area contributed by atoms with Crippen molar-refractivity contribution in [3.63, 3.8) is 0 Å². The molecular formula is C29H55NO5. The summed E-state index contributed by atoms with van der Waals surface area (Å²) in [6, 6.07) is 0. The molecule has 206 valence electrons. The van der Waals surface area contributed by atoms with Gasteiger partial charge in [0.2, 0.25) is 5.79 Å². The topological polar surface area (TPSA) is 49.4 Å². The highest BCUT2D eigenvalue weighted by Crippen LogP contribution is 2.49. The largest absolute Gasteiger partial charge is 0.373 e. The van der Waals surface area contributed by atoms with E-state index in [1.54, 1.807) is 0 Å². The van der Waals surface area contributed by atoms with Crippen molar-refractivity contribution in [2.45, 2.75) is 161 Å². The van der Waals surface area contributed by atoms with Crippen molar-refractivity contribution in [3.05, 3.63) is 0 Å². The van der Waals surface area contributed by atoms with Crippen LogP contribution in [0.5, 0.6) is 0 Å². The van der Waals surface area contributed by atoms with Crippen LogP contribution < -0.4 is 0 Å². The quantitative estimate of drug-likeness (QED) is 0.219. The van der Waals surface area contributed by atoms with Crippen LogP contribution >= 0.6 is 0 Å². The van der Waals surface area contributed by atoms with Crippen LogP contribution in [0.4, 0.5) is 0 Å². The standard InChI is InChI=1S/C29H55NO5/c1-6-8-9-10-11-12-13-14-17-20-23-32-27(30-21-18-15-16-19-22-30)29-26(34-28(4,5)35-29)25(31-7-2)24(3)33-29/h24-27H,6-23H2,1-5H3/t24-,25+,26-,27?,29+/m0/s1. The molecule has 3 heterocycles. The molecule has 6 heteroatoms. The van der Waals surface area contributed by atoms with E-state index in [2.05, 4.69) is 18.7 Å². The highest BCUT2D eigenvalue weighted by atomic mass is 16.9. The van der Waals surface area contributed by atoms with Crippen molar-refractivity contribution in [1.82, 2.24) is 4.90 Å². The predicted octanol–water partition coefficient (Wildman–Crippen LogP) is 6.80. The molecule has 0 N–H and O–H groups in total. The molecule has 6 nitrogen and oxygen atoms in total. The number of ether oxygens (including phenoxy) is 5. The summed E-state index contributed by atoms with van der Waals surface area (Å²) in [4.78, 5) is 2.46. The van der Waals surface area contributed by atoms with Gasteiger partial charge in [-0.3, -0.25) is 4.90 Å². The van der Waals surface area contributed by atoms with Gasteiger partial charge in [-0.1, -0.05) is 77.6 Å². The Morgan fingerprint density at radius 2 is 1.43 bits per heavy atom. The molecule has 0 saturated carbocycles. The zero-order valence-corrected chi connectivity index (χ0v) is 23.5. The summed E-state index contributed by atoms with van der Waals surface area (Å²) in [7, 11) is 0. The fraction of sp³-hybridized carbons (Fsp3) is 1.00. The zero-order valence-electron chi connectivity index (χ0n) is 23.5. The third-order valence-corrected chi connectivity index (χ3v) is 7.79. The smallest absolute Gasteiger partial charge is 0.241 e. The van der Waals surface area contributed by atoms with Gasteiger partial charge in [0.15, 0.2) is 12.0 Å². The molecule has 3 fully saturated rings. The maximum atomic E-state index is 6.71. The van der Waals surface area contributed by atoms with Gasteiger partial charge in [-0.05, 0) is 47.0 Å². The van der Waals surface area contributed by atoms with Gasteiger partial charge in [-0.15, -0.1) is 0 Å². The summed E-state index contributed by atoms with van der Waals surface area (Å²) in [5, 5.41) is 0. The molecule has 0 aliphatic carbocycles. The molecular weight excluding hydrogens is 442 g/mol. The average molecular weight is 498 g/mol.